The Hall–Kier alpha value is -1.05. The number of carbonyl (C=O) groups excluding carboxylic acids is 1. The van der Waals surface area contributed by atoms with Gasteiger partial charge in [-0.25, -0.2) is 0 Å². The minimum Gasteiger partial charge on any atom is -0.501 e. The summed E-state index contributed by atoms with van der Waals surface area (Å²) in [4.78, 5) is 11.9. The van der Waals surface area contributed by atoms with Crippen LogP contribution in [-0.2, 0) is 9.53 Å². The minimum atomic E-state index is 0.0794. The van der Waals surface area contributed by atoms with Crippen molar-refractivity contribution in [1.29, 1.82) is 0 Å². The number of carbonyl (C=O) groups is 1. The average Bonchev–Trinajstić information content (AvgIpc) is 2.15. The number of methoxy groups -OCH3 is 1. The van der Waals surface area contributed by atoms with E-state index in [1.54, 1.807) is 13.2 Å². The van der Waals surface area contributed by atoms with Crippen molar-refractivity contribution in [2.45, 2.75) is 33.1 Å². The molecule has 0 aromatic heterocycles. The van der Waals surface area contributed by atoms with Gasteiger partial charge in [-0.2, -0.15) is 0 Å². The normalized spacial score (nSPS) is 35.4. The van der Waals surface area contributed by atoms with Crippen molar-refractivity contribution in [3.05, 3.63) is 23.5 Å². The van der Waals surface area contributed by atoms with E-state index in [9.17, 15) is 4.79 Å². The van der Waals surface area contributed by atoms with Crippen LogP contribution in [0.3, 0.4) is 0 Å². The first-order valence-corrected chi connectivity index (χ1v) is 5.49. The van der Waals surface area contributed by atoms with Crippen molar-refractivity contribution >= 4 is 5.78 Å². The molecule has 15 heavy (non-hydrogen) atoms. The summed E-state index contributed by atoms with van der Waals surface area (Å²) in [5.74, 6) is 1.25. The van der Waals surface area contributed by atoms with E-state index < -0.39 is 0 Å². The zero-order chi connectivity index (χ0) is 11.1. The Balaban J connectivity index is 2.32. The first-order chi connectivity index (χ1) is 7.05. The van der Waals surface area contributed by atoms with Crippen molar-refractivity contribution in [3.63, 3.8) is 0 Å². The first-order valence-electron chi connectivity index (χ1n) is 5.49. The molecule has 0 aromatic rings. The molecule has 2 atom stereocenters. The fraction of sp³-hybridized carbons (Fsp3) is 0.615. The molecule has 0 heterocycles. The van der Waals surface area contributed by atoms with Crippen LogP contribution in [0.25, 0.3) is 0 Å². The van der Waals surface area contributed by atoms with Gasteiger partial charge in [0.15, 0.2) is 5.78 Å². The van der Waals surface area contributed by atoms with Crippen molar-refractivity contribution in [1.82, 2.24) is 0 Å². The highest BCUT2D eigenvalue weighted by Gasteiger charge is 2.43. The van der Waals surface area contributed by atoms with E-state index in [0.717, 1.165) is 25.0 Å². The van der Waals surface area contributed by atoms with Gasteiger partial charge in [-0.15, -0.1) is 0 Å². The van der Waals surface area contributed by atoms with Gasteiger partial charge < -0.3 is 4.74 Å². The molecule has 2 aliphatic carbocycles. The van der Waals surface area contributed by atoms with Gasteiger partial charge in [0.05, 0.1) is 12.9 Å². The zero-order valence-corrected chi connectivity index (χ0v) is 9.67. The lowest BCUT2D eigenvalue weighted by molar-refractivity contribution is -0.123. The molecule has 0 saturated heterocycles. The van der Waals surface area contributed by atoms with Gasteiger partial charge in [0.25, 0.3) is 0 Å². The van der Waals surface area contributed by atoms with Crippen molar-refractivity contribution in [2.24, 2.45) is 11.3 Å². The van der Waals surface area contributed by atoms with Crippen LogP contribution in [0.5, 0.6) is 0 Å². The van der Waals surface area contributed by atoms with E-state index in [4.69, 9.17) is 4.74 Å². The van der Waals surface area contributed by atoms with Crippen LogP contribution in [0.1, 0.15) is 33.1 Å². The van der Waals surface area contributed by atoms with E-state index in [2.05, 4.69) is 19.9 Å². The quantitative estimate of drug-likeness (QED) is 0.617. The van der Waals surface area contributed by atoms with Crippen molar-refractivity contribution < 1.29 is 9.53 Å². The lowest BCUT2D eigenvalue weighted by Crippen LogP contribution is -2.38. The second-order valence-corrected chi connectivity index (χ2v) is 5.06. The van der Waals surface area contributed by atoms with E-state index in [0.29, 0.717) is 0 Å². The second-order valence-electron chi connectivity index (χ2n) is 5.06. The van der Waals surface area contributed by atoms with Gasteiger partial charge in [-0.1, -0.05) is 18.6 Å². The Morgan fingerprint density at radius 1 is 1.47 bits per heavy atom. The summed E-state index contributed by atoms with van der Waals surface area (Å²) in [6.45, 7) is 4.36. The SMILES string of the molecule is COC1=CC(=O)[C@H]2CC=C(C)C[C@@]2(C)C1. The lowest BCUT2D eigenvalue weighted by Gasteiger charge is -2.42. The molecule has 2 aliphatic rings. The van der Waals surface area contributed by atoms with Gasteiger partial charge in [0.1, 0.15) is 0 Å². The monoisotopic (exact) mass is 206 g/mol. The van der Waals surface area contributed by atoms with Crippen LogP contribution in [-0.4, -0.2) is 12.9 Å². The molecule has 0 aliphatic heterocycles. The number of hydrogen-bond donors (Lipinski definition) is 0. The summed E-state index contributed by atoms with van der Waals surface area (Å²) < 4.78 is 5.23. The molecule has 2 heteroatoms. The fourth-order valence-corrected chi connectivity index (χ4v) is 2.92. The fourth-order valence-electron chi connectivity index (χ4n) is 2.92. The number of allylic oxidation sites excluding steroid dienone is 4. The molecule has 82 valence electrons. The van der Waals surface area contributed by atoms with Crippen LogP contribution >= 0.6 is 0 Å². The molecular formula is C13H18O2. The first kappa shape index (κ1) is 10.5. The molecule has 0 spiro atoms. The van der Waals surface area contributed by atoms with Crippen LogP contribution < -0.4 is 0 Å². The third kappa shape index (κ3) is 1.73. The largest absolute Gasteiger partial charge is 0.501 e. The molecule has 0 aromatic carbocycles. The van der Waals surface area contributed by atoms with Crippen LogP contribution in [0.2, 0.25) is 0 Å². The van der Waals surface area contributed by atoms with E-state index in [-0.39, 0.29) is 17.1 Å². The van der Waals surface area contributed by atoms with Crippen LogP contribution in [0, 0.1) is 11.3 Å². The topological polar surface area (TPSA) is 26.3 Å². The molecule has 0 fully saturated rings. The number of hydrogen-bond acceptors (Lipinski definition) is 2. The number of rotatable bonds is 1. The van der Waals surface area contributed by atoms with Gasteiger partial charge in [-0.05, 0) is 25.2 Å². The molecule has 2 rings (SSSR count). The summed E-state index contributed by atoms with van der Waals surface area (Å²) in [7, 11) is 1.65. The summed E-state index contributed by atoms with van der Waals surface area (Å²) in [5, 5.41) is 0. The Morgan fingerprint density at radius 2 is 2.20 bits per heavy atom. The molecule has 0 N–H and O–H groups in total. The molecule has 0 unspecified atom stereocenters. The van der Waals surface area contributed by atoms with Gasteiger partial charge in [0.2, 0.25) is 0 Å². The van der Waals surface area contributed by atoms with E-state index in [1.165, 1.54) is 5.57 Å². The zero-order valence-electron chi connectivity index (χ0n) is 9.67. The number of ether oxygens (including phenoxy) is 1. The van der Waals surface area contributed by atoms with E-state index in [1.807, 2.05) is 0 Å². The van der Waals surface area contributed by atoms with Crippen molar-refractivity contribution in [2.75, 3.05) is 7.11 Å². The standard InChI is InChI=1S/C13H18O2/c1-9-4-5-11-12(14)6-10(15-3)8-13(11,2)7-9/h4,6,11H,5,7-8H2,1-3H3/t11-,13+/m1/s1. The molecular weight excluding hydrogens is 188 g/mol. The lowest BCUT2D eigenvalue weighted by atomic mass is 9.62. The Kier molecular flexibility index (Phi) is 2.45. The Morgan fingerprint density at radius 3 is 2.87 bits per heavy atom. The summed E-state index contributed by atoms with van der Waals surface area (Å²) >= 11 is 0. The Labute approximate surface area is 91.0 Å². The molecule has 2 nitrogen and oxygen atoms in total. The number of ketones is 1. The summed E-state index contributed by atoms with van der Waals surface area (Å²) in [6, 6.07) is 0. The molecule has 0 bridgehead atoms. The Bertz CT molecular complexity index is 352. The smallest absolute Gasteiger partial charge is 0.162 e. The summed E-state index contributed by atoms with van der Waals surface area (Å²) in [6.07, 6.45) is 6.70. The third-order valence-corrected chi connectivity index (χ3v) is 3.71. The highest BCUT2D eigenvalue weighted by Crippen LogP contribution is 2.48. The molecule has 0 radical (unpaired) electrons. The van der Waals surface area contributed by atoms with Crippen LogP contribution in [0.4, 0.5) is 0 Å². The maximum absolute atomic E-state index is 11.9. The maximum Gasteiger partial charge on any atom is 0.162 e. The number of fused-ring (bicyclic) bond motifs is 1. The van der Waals surface area contributed by atoms with E-state index >= 15 is 0 Å². The maximum atomic E-state index is 11.9. The second kappa shape index (κ2) is 3.51. The highest BCUT2D eigenvalue weighted by atomic mass is 16.5. The summed E-state index contributed by atoms with van der Waals surface area (Å²) in [5.41, 5.74) is 1.48. The van der Waals surface area contributed by atoms with Crippen molar-refractivity contribution in [3.8, 4) is 0 Å². The predicted molar refractivity (Wildman–Crippen MR) is 59.3 cm³/mol. The van der Waals surface area contributed by atoms with Gasteiger partial charge in [-0.3, -0.25) is 4.79 Å². The molecule has 0 amide bonds. The van der Waals surface area contributed by atoms with Gasteiger partial charge in [0, 0.05) is 18.4 Å². The average molecular weight is 206 g/mol. The minimum absolute atomic E-state index is 0.0794. The molecule has 0 saturated carbocycles. The third-order valence-electron chi connectivity index (χ3n) is 3.71. The van der Waals surface area contributed by atoms with Crippen LogP contribution in [0.15, 0.2) is 23.5 Å². The predicted octanol–water partition coefficient (Wildman–Crippen LogP) is 2.85. The highest BCUT2D eigenvalue weighted by molar-refractivity contribution is 5.94. The van der Waals surface area contributed by atoms with Gasteiger partial charge >= 0.3 is 0 Å².